The molecule has 0 amide bonds. The van der Waals surface area contributed by atoms with Gasteiger partial charge in [0.1, 0.15) is 17.6 Å². The topological polar surface area (TPSA) is 74.1 Å². The zero-order valence-corrected chi connectivity index (χ0v) is 14.8. The maximum Gasteiger partial charge on any atom is 0.142 e. The molecule has 1 spiro atoms. The highest BCUT2D eigenvalue weighted by Gasteiger charge is 2.43. The molecule has 2 aliphatic rings. The number of nitriles is 1. The summed E-state index contributed by atoms with van der Waals surface area (Å²) < 4.78 is 6.28. The van der Waals surface area contributed by atoms with Crippen LogP contribution in [0.2, 0.25) is 0 Å². The summed E-state index contributed by atoms with van der Waals surface area (Å²) in [7, 11) is 0. The lowest BCUT2D eigenvalue weighted by molar-refractivity contribution is -0.0533. The number of anilines is 1. The van der Waals surface area contributed by atoms with Crippen LogP contribution in [0.1, 0.15) is 30.5 Å². The fraction of sp³-hybridized carbons (Fsp3) is 0.450. The Balaban J connectivity index is 1.37. The summed E-state index contributed by atoms with van der Waals surface area (Å²) in [5.74, 6) is 0.749. The molecule has 6 heteroatoms. The quantitative estimate of drug-likeness (QED) is 0.914. The van der Waals surface area contributed by atoms with Gasteiger partial charge in [-0.1, -0.05) is 6.07 Å². The van der Waals surface area contributed by atoms with Gasteiger partial charge in [-0.3, -0.25) is 9.88 Å². The van der Waals surface area contributed by atoms with E-state index in [2.05, 4.69) is 38.4 Å². The molecule has 0 radical (unpaired) electrons. The standard InChI is InChI=1S/C20H23N5O/c21-12-17-3-1-4-19(23-17)24-18-11-20(26-14-18)7-2-10-25(15-20)13-16-5-8-22-9-6-16/h1,3-6,8-9,18H,2,7,10-11,13-15H2,(H,23,24)/t18-,20-/m0/s1. The minimum Gasteiger partial charge on any atom is -0.371 e. The Labute approximate surface area is 153 Å². The predicted molar refractivity (Wildman–Crippen MR) is 98.4 cm³/mol. The van der Waals surface area contributed by atoms with Gasteiger partial charge < -0.3 is 10.1 Å². The minimum atomic E-state index is -0.0736. The van der Waals surface area contributed by atoms with E-state index in [4.69, 9.17) is 10.00 Å². The smallest absolute Gasteiger partial charge is 0.142 e. The number of piperidine rings is 1. The summed E-state index contributed by atoms with van der Waals surface area (Å²) in [6.45, 7) is 3.69. The molecule has 0 saturated carbocycles. The first-order valence-electron chi connectivity index (χ1n) is 9.14. The Kier molecular flexibility index (Phi) is 4.83. The number of likely N-dealkylation sites (tertiary alicyclic amines) is 1. The molecule has 134 valence electrons. The maximum atomic E-state index is 9.00. The van der Waals surface area contributed by atoms with Crippen molar-refractivity contribution in [1.29, 1.82) is 5.26 Å². The van der Waals surface area contributed by atoms with E-state index in [1.807, 2.05) is 24.5 Å². The third-order valence-corrected chi connectivity index (χ3v) is 5.20. The van der Waals surface area contributed by atoms with Crippen LogP contribution < -0.4 is 5.32 Å². The van der Waals surface area contributed by atoms with E-state index in [9.17, 15) is 0 Å². The molecule has 2 aliphatic heterocycles. The number of pyridine rings is 2. The molecule has 2 saturated heterocycles. The fourth-order valence-electron chi connectivity index (χ4n) is 4.08. The van der Waals surface area contributed by atoms with Crippen molar-refractivity contribution in [1.82, 2.24) is 14.9 Å². The molecule has 0 unspecified atom stereocenters. The first kappa shape index (κ1) is 17.0. The van der Waals surface area contributed by atoms with Crippen molar-refractivity contribution >= 4 is 5.82 Å². The fourth-order valence-corrected chi connectivity index (χ4v) is 4.08. The van der Waals surface area contributed by atoms with Gasteiger partial charge in [0.25, 0.3) is 0 Å². The predicted octanol–water partition coefficient (Wildman–Crippen LogP) is 2.58. The molecule has 0 aliphatic carbocycles. The van der Waals surface area contributed by atoms with Crippen LogP contribution in [0, 0.1) is 11.3 Å². The number of ether oxygens (including phenoxy) is 1. The average Bonchev–Trinajstić information content (AvgIpc) is 3.04. The van der Waals surface area contributed by atoms with Crippen LogP contribution in [-0.2, 0) is 11.3 Å². The largest absolute Gasteiger partial charge is 0.371 e. The normalized spacial score (nSPS) is 25.9. The molecular formula is C20H23N5O. The molecule has 26 heavy (non-hydrogen) atoms. The molecule has 2 fully saturated rings. The number of nitrogens with one attached hydrogen (secondary N) is 1. The molecule has 4 heterocycles. The highest BCUT2D eigenvalue weighted by molar-refractivity contribution is 5.39. The third-order valence-electron chi connectivity index (χ3n) is 5.20. The molecule has 0 bridgehead atoms. The van der Waals surface area contributed by atoms with E-state index < -0.39 is 0 Å². The van der Waals surface area contributed by atoms with Gasteiger partial charge in [-0.15, -0.1) is 0 Å². The van der Waals surface area contributed by atoms with Gasteiger partial charge in [-0.2, -0.15) is 5.26 Å². The Morgan fingerprint density at radius 1 is 1.31 bits per heavy atom. The highest BCUT2D eigenvalue weighted by atomic mass is 16.5. The zero-order chi connectivity index (χ0) is 17.8. The molecule has 4 rings (SSSR count). The second-order valence-electron chi connectivity index (χ2n) is 7.23. The van der Waals surface area contributed by atoms with Crippen LogP contribution in [0.3, 0.4) is 0 Å². The van der Waals surface area contributed by atoms with Crippen LogP contribution in [0.5, 0.6) is 0 Å². The van der Waals surface area contributed by atoms with E-state index in [1.165, 1.54) is 5.56 Å². The molecule has 2 atom stereocenters. The van der Waals surface area contributed by atoms with Crippen LogP contribution in [0.25, 0.3) is 0 Å². The second kappa shape index (κ2) is 7.40. The van der Waals surface area contributed by atoms with Crippen molar-refractivity contribution in [2.24, 2.45) is 0 Å². The summed E-state index contributed by atoms with van der Waals surface area (Å²) in [6.07, 6.45) is 6.93. The Morgan fingerprint density at radius 2 is 2.19 bits per heavy atom. The van der Waals surface area contributed by atoms with E-state index >= 15 is 0 Å². The SMILES string of the molecule is N#Cc1cccc(N[C@@H]2CO[C@@]3(CCCN(Cc4ccncc4)C3)C2)n1. The lowest BCUT2D eigenvalue weighted by Crippen LogP contribution is -2.47. The zero-order valence-electron chi connectivity index (χ0n) is 14.8. The van der Waals surface area contributed by atoms with Gasteiger partial charge in [-0.05, 0) is 49.2 Å². The molecule has 1 N–H and O–H groups in total. The van der Waals surface area contributed by atoms with Gasteiger partial charge in [0.2, 0.25) is 0 Å². The third kappa shape index (κ3) is 3.85. The number of aromatic nitrogens is 2. The molecule has 6 nitrogen and oxygen atoms in total. The summed E-state index contributed by atoms with van der Waals surface area (Å²) >= 11 is 0. The van der Waals surface area contributed by atoms with Crippen molar-refractivity contribution in [2.45, 2.75) is 37.5 Å². The number of nitrogens with zero attached hydrogens (tertiary/aromatic N) is 4. The summed E-state index contributed by atoms with van der Waals surface area (Å²) in [6, 6.07) is 12.0. The Hall–Kier alpha value is -2.49. The van der Waals surface area contributed by atoms with E-state index in [0.29, 0.717) is 12.3 Å². The van der Waals surface area contributed by atoms with Crippen molar-refractivity contribution in [2.75, 3.05) is 25.0 Å². The van der Waals surface area contributed by atoms with Gasteiger partial charge in [0, 0.05) is 31.9 Å². The molecule has 2 aromatic heterocycles. The van der Waals surface area contributed by atoms with E-state index in [0.717, 1.165) is 44.7 Å². The van der Waals surface area contributed by atoms with Gasteiger partial charge >= 0.3 is 0 Å². The summed E-state index contributed by atoms with van der Waals surface area (Å²) in [4.78, 5) is 10.9. The van der Waals surface area contributed by atoms with E-state index in [-0.39, 0.29) is 11.6 Å². The number of rotatable bonds is 4. The molecule has 0 aromatic carbocycles. The monoisotopic (exact) mass is 349 g/mol. The van der Waals surface area contributed by atoms with Gasteiger partial charge in [0.15, 0.2) is 0 Å². The Morgan fingerprint density at radius 3 is 3.04 bits per heavy atom. The minimum absolute atomic E-state index is 0.0736. The second-order valence-corrected chi connectivity index (χ2v) is 7.23. The van der Waals surface area contributed by atoms with Crippen LogP contribution >= 0.6 is 0 Å². The first-order valence-corrected chi connectivity index (χ1v) is 9.14. The molecular weight excluding hydrogens is 326 g/mol. The first-order chi connectivity index (χ1) is 12.7. The van der Waals surface area contributed by atoms with Crippen LogP contribution in [-0.4, -0.2) is 46.2 Å². The lowest BCUT2D eigenvalue weighted by Gasteiger charge is -2.39. The van der Waals surface area contributed by atoms with E-state index in [1.54, 1.807) is 6.07 Å². The number of hydrogen-bond acceptors (Lipinski definition) is 6. The maximum absolute atomic E-state index is 9.00. The Bertz CT molecular complexity index is 790. The summed E-state index contributed by atoms with van der Waals surface area (Å²) in [5, 5.41) is 12.4. The van der Waals surface area contributed by atoms with Crippen molar-refractivity contribution < 1.29 is 4.74 Å². The van der Waals surface area contributed by atoms with Crippen LogP contribution in [0.4, 0.5) is 5.82 Å². The average molecular weight is 349 g/mol. The number of hydrogen-bond donors (Lipinski definition) is 1. The van der Waals surface area contributed by atoms with Gasteiger partial charge in [-0.25, -0.2) is 4.98 Å². The summed E-state index contributed by atoms with van der Waals surface area (Å²) in [5.41, 5.74) is 1.66. The molecule has 2 aromatic rings. The van der Waals surface area contributed by atoms with Crippen molar-refractivity contribution in [3.63, 3.8) is 0 Å². The van der Waals surface area contributed by atoms with Gasteiger partial charge in [0.05, 0.1) is 18.2 Å². The van der Waals surface area contributed by atoms with Crippen molar-refractivity contribution in [3.8, 4) is 6.07 Å². The highest BCUT2D eigenvalue weighted by Crippen LogP contribution is 2.36. The lowest BCUT2D eigenvalue weighted by atomic mass is 9.88. The van der Waals surface area contributed by atoms with Crippen LogP contribution in [0.15, 0.2) is 42.7 Å². The van der Waals surface area contributed by atoms with Crippen molar-refractivity contribution in [3.05, 3.63) is 54.0 Å².